The van der Waals surface area contributed by atoms with Crippen LogP contribution in [0, 0.1) is 0 Å². The summed E-state index contributed by atoms with van der Waals surface area (Å²) in [5.74, 6) is -0.297. The summed E-state index contributed by atoms with van der Waals surface area (Å²) < 4.78 is 14.1. The van der Waals surface area contributed by atoms with Gasteiger partial charge < -0.3 is 10.6 Å². The van der Waals surface area contributed by atoms with Crippen molar-refractivity contribution in [2.45, 2.75) is 13.8 Å². The van der Waals surface area contributed by atoms with Crippen molar-refractivity contribution < 1.29 is 4.39 Å². The predicted molar refractivity (Wildman–Crippen MR) is 91.3 cm³/mol. The van der Waals surface area contributed by atoms with Crippen molar-refractivity contribution in [1.29, 1.82) is 0 Å². The minimum absolute atomic E-state index is 0.297. The van der Waals surface area contributed by atoms with E-state index in [1.165, 1.54) is 6.08 Å². The largest absolute Gasteiger partial charge is 0.384 e. The van der Waals surface area contributed by atoms with Gasteiger partial charge in [0.05, 0.1) is 18.0 Å². The number of dihydropyridines is 1. The highest BCUT2D eigenvalue weighted by atomic mass is 35.5. The maximum absolute atomic E-state index is 14.1. The van der Waals surface area contributed by atoms with E-state index in [1.807, 2.05) is 26.1 Å². The lowest BCUT2D eigenvalue weighted by Crippen LogP contribution is -2.26. The van der Waals surface area contributed by atoms with Crippen molar-refractivity contribution in [2.24, 2.45) is 4.99 Å². The molecule has 1 aliphatic heterocycles. The third-order valence-electron chi connectivity index (χ3n) is 3.39. The van der Waals surface area contributed by atoms with Crippen molar-refractivity contribution in [2.75, 3.05) is 13.1 Å². The number of hydrogen-bond donors (Lipinski definition) is 2. The molecule has 0 unspecified atom stereocenters. The maximum atomic E-state index is 14.1. The molecule has 116 valence electrons. The van der Waals surface area contributed by atoms with Gasteiger partial charge in [0.2, 0.25) is 0 Å². The monoisotopic (exact) mass is 319 g/mol. The van der Waals surface area contributed by atoms with Crippen molar-refractivity contribution in [1.82, 2.24) is 10.6 Å². The normalized spacial score (nSPS) is 20.8. The molecule has 22 heavy (non-hydrogen) atoms. The van der Waals surface area contributed by atoms with Crippen LogP contribution in [-0.4, -0.2) is 18.8 Å². The van der Waals surface area contributed by atoms with Crippen LogP contribution in [0.4, 0.5) is 4.39 Å². The van der Waals surface area contributed by atoms with Crippen LogP contribution in [0.3, 0.4) is 0 Å². The first kappa shape index (κ1) is 16.3. The van der Waals surface area contributed by atoms with Crippen molar-refractivity contribution in [3.05, 3.63) is 70.5 Å². The van der Waals surface area contributed by atoms with Gasteiger partial charge in [0.15, 0.2) is 0 Å². The Hall–Kier alpha value is -2.07. The summed E-state index contributed by atoms with van der Waals surface area (Å²) in [5.41, 5.74) is 3.59. The maximum Gasteiger partial charge on any atom is 0.128 e. The van der Waals surface area contributed by atoms with E-state index >= 15 is 0 Å². The minimum atomic E-state index is -0.297. The first-order valence-corrected chi connectivity index (χ1v) is 7.40. The second kappa shape index (κ2) is 7.27. The van der Waals surface area contributed by atoms with E-state index in [0.29, 0.717) is 29.9 Å². The van der Waals surface area contributed by atoms with Gasteiger partial charge in [0, 0.05) is 29.6 Å². The van der Waals surface area contributed by atoms with Crippen molar-refractivity contribution >= 4 is 17.3 Å². The Morgan fingerprint density at radius 2 is 2.27 bits per heavy atom. The van der Waals surface area contributed by atoms with Crippen LogP contribution in [0.1, 0.15) is 13.8 Å². The van der Waals surface area contributed by atoms with Crippen LogP contribution in [0.15, 0.2) is 75.5 Å². The van der Waals surface area contributed by atoms with E-state index in [9.17, 15) is 4.39 Å². The van der Waals surface area contributed by atoms with Gasteiger partial charge in [-0.3, -0.25) is 4.99 Å². The lowest BCUT2D eigenvalue weighted by Gasteiger charge is -2.20. The molecular formula is C17H19ClFN3. The average Bonchev–Trinajstić information content (AvgIpc) is 2.49. The zero-order valence-electron chi connectivity index (χ0n) is 12.7. The van der Waals surface area contributed by atoms with E-state index in [1.54, 1.807) is 12.3 Å². The highest BCUT2D eigenvalue weighted by Gasteiger charge is 2.16. The fourth-order valence-electron chi connectivity index (χ4n) is 2.06. The lowest BCUT2D eigenvalue weighted by molar-refractivity contribution is 0.637. The molecule has 5 heteroatoms. The number of allylic oxidation sites excluding steroid dienone is 5. The Morgan fingerprint density at radius 1 is 1.50 bits per heavy atom. The summed E-state index contributed by atoms with van der Waals surface area (Å²) in [4.78, 5) is 4.25. The minimum Gasteiger partial charge on any atom is -0.384 e. The van der Waals surface area contributed by atoms with E-state index in [-0.39, 0.29) is 5.83 Å². The molecule has 0 aromatic rings. The molecule has 2 N–H and O–H groups in total. The Kier molecular flexibility index (Phi) is 5.39. The fraction of sp³-hybridized carbons (Fsp3) is 0.235. The first-order valence-electron chi connectivity index (χ1n) is 7.02. The van der Waals surface area contributed by atoms with Gasteiger partial charge in [-0.2, -0.15) is 0 Å². The molecule has 0 spiro atoms. The average molecular weight is 320 g/mol. The van der Waals surface area contributed by atoms with Gasteiger partial charge in [0.1, 0.15) is 5.83 Å². The molecule has 2 aliphatic rings. The summed E-state index contributed by atoms with van der Waals surface area (Å²) in [6.07, 6.45) is 8.44. The number of rotatable bonds is 4. The topological polar surface area (TPSA) is 36.4 Å². The Balaban J connectivity index is 2.13. The second-order valence-electron chi connectivity index (χ2n) is 5.01. The van der Waals surface area contributed by atoms with Crippen LogP contribution in [0.2, 0.25) is 0 Å². The van der Waals surface area contributed by atoms with Crippen molar-refractivity contribution in [3.8, 4) is 0 Å². The third-order valence-corrected chi connectivity index (χ3v) is 3.81. The van der Waals surface area contributed by atoms with Gasteiger partial charge >= 0.3 is 0 Å². The number of halogens is 2. The van der Waals surface area contributed by atoms with Crippen LogP contribution >= 0.6 is 11.6 Å². The molecule has 0 aromatic carbocycles. The van der Waals surface area contributed by atoms with Gasteiger partial charge in [-0.1, -0.05) is 24.3 Å². The first-order chi connectivity index (χ1) is 10.5. The molecule has 1 aliphatic carbocycles. The Morgan fingerprint density at radius 3 is 3.00 bits per heavy atom. The number of nitrogens with one attached hydrogen (secondary N) is 2. The molecule has 2 rings (SSSR count). The van der Waals surface area contributed by atoms with E-state index in [0.717, 1.165) is 16.3 Å². The molecule has 0 saturated carbocycles. The van der Waals surface area contributed by atoms with Gasteiger partial charge in [-0.25, -0.2) is 4.39 Å². The number of hydrogen-bond acceptors (Lipinski definition) is 3. The van der Waals surface area contributed by atoms with Crippen LogP contribution in [0.5, 0.6) is 0 Å². The van der Waals surface area contributed by atoms with Crippen LogP contribution in [0.25, 0.3) is 0 Å². The molecule has 0 aromatic heterocycles. The lowest BCUT2D eigenvalue weighted by atomic mass is 10.00. The zero-order chi connectivity index (χ0) is 16.1. The standard InChI is InChI=1S/C17H19ClFN3/c1-4-5-21-16-7-13(15(19)6-11(16)2)8-22-17-10-20-9-14(18)12(17)3/h4-7,10,20,22H,2,8-9H2,1,3H3/b5-4-,21-16?. The molecule has 0 atom stereocenters. The van der Waals surface area contributed by atoms with Crippen LogP contribution < -0.4 is 10.6 Å². The summed E-state index contributed by atoms with van der Waals surface area (Å²) in [6, 6.07) is 0. The molecule has 0 fully saturated rings. The smallest absolute Gasteiger partial charge is 0.128 e. The molecule has 0 saturated heterocycles. The van der Waals surface area contributed by atoms with Gasteiger partial charge in [-0.05, 0) is 37.1 Å². The molecule has 1 heterocycles. The SMILES string of the molecule is C=C1C=C(F)C(CNC2=CNCC(Cl)=C2C)=CC1=N/C=C\C. The number of aliphatic imine (C=N–C) groups is 1. The van der Waals surface area contributed by atoms with Crippen molar-refractivity contribution in [3.63, 3.8) is 0 Å². The summed E-state index contributed by atoms with van der Waals surface area (Å²) in [7, 11) is 0. The summed E-state index contributed by atoms with van der Waals surface area (Å²) in [5, 5.41) is 7.02. The second-order valence-corrected chi connectivity index (χ2v) is 5.46. The third kappa shape index (κ3) is 3.77. The molecule has 3 nitrogen and oxygen atoms in total. The quantitative estimate of drug-likeness (QED) is 0.825. The van der Waals surface area contributed by atoms with Gasteiger partial charge in [0.25, 0.3) is 0 Å². The highest BCUT2D eigenvalue weighted by Crippen LogP contribution is 2.23. The van der Waals surface area contributed by atoms with Crippen LogP contribution in [-0.2, 0) is 0 Å². The predicted octanol–water partition coefficient (Wildman–Crippen LogP) is 3.86. The van der Waals surface area contributed by atoms with E-state index in [2.05, 4.69) is 22.2 Å². The number of nitrogens with zero attached hydrogens (tertiary/aromatic N) is 1. The molecule has 0 bridgehead atoms. The fourth-order valence-corrected chi connectivity index (χ4v) is 2.24. The summed E-state index contributed by atoms with van der Waals surface area (Å²) in [6.45, 7) is 8.59. The Bertz CT molecular complexity index is 663. The molecule has 0 radical (unpaired) electrons. The highest BCUT2D eigenvalue weighted by molar-refractivity contribution is 6.30. The summed E-state index contributed by atoms with van der Waals surface area (Å²) >= 11 is 6.11. The molecular weight excluding hydrogens is 301 g/mol. The zero-order valence-corrected chi connectivity index (χ0v) is 13.5. The van der Waals surface area contributed by atoms with E-state index in [4.69, 9.17) is 11.6 Å². The Labute approximate surface area is 135 Å². The van der Waals surface area contributed by atoms with E-state index < -0.39 is 0 Å². The van der Waals surface area contributed by atoms with Gasteiger partial charge in [-0.15, -0.1) is 0 Å². The molecule has 0 amide bonds.